The van der Waals surface area contributed by atoms with Crippen molar-refractivity contribution in [1.29, 1.82) is 0 Å². The van der Waals surface area contributed by atoms with Crippen LogP contribution in [0.3, 0.4) is 0 Å². The maximum Gasteiger partial charge on any atom is 0.407 e. The molecule has 1 aromatic rings. The molecule has 0 aromatic heterocycles. The van der Waals surface area contributed by atoms with Gasteiger partial charge in [-0.15, -0.1) is 0 Å². The van der Waals surface area contributed by atoms with Gasteiger partial charge in [-0.3, -0.25) is 4.79 Å². The Kier molecular flexibility index (Phi) is 4.43. The third kappa shape index (κ3) is 3.70. The van der Waals surface area contributed by atoms with E-state index in [9.17, 15) is 9.59 Å². The smallest absolute Gasteiger partial charge is 0.407 e. The zero-order valence-electron chi connectivity index (χ0n) is 10.5. The molecule has 0 unspecified atom stereocenters. The van der Waals surface area contributed by atoms with Gasteiger partial charge in [-0.1, -0.05) is 11.6 Å². The highest BCUT2D eigenvalue weighted by Crippen LogP contribution is 2.23. The zero-order valence-corrected chi connectivity index (χ0v) is 11.3. The first kappa shape index (κ1) is 13.9. The lowest BCUT2D eigenvalue weighted by atomic mass is 9.90. The van der Waals surface area contributed by atoms with Crippen molar-refractivity contribution in [2.24, 2.45) is 5.92 Å². The molecule has 1 fully saturated rings. The third-order valence-corrected chi connectivity index (χ3v) is 3.78. The molecule has 1 aliphatic rings. The van der Waals surface area contributed by atoms with E-state index in [-0.39, 0.29) is 11.7 Å². The number of nitrogens with zero attached hydrogens (tertiary/aromatic N) is 1. The third-order valence-electron chi connectivity index (χ3n) is 3.53. The number of amides is 1. The average Bonchev–Trinajstić information content (AvgIpc) is 2.40. The SMILES string of the molecule is O=C(CC1CCN(C(=O)O)CC1)c1ccc(Cl)cc1. The number of likely N-dealkylation sites (tertiary alicyclic amines) is 1. The van der Waals surface area contributed by atoms with Crippen molar-refractivity contribution in [2.45, 2.75) is 19.3 Å². The fraction of sp³-hybridized carbons (Fsp3) is 0.429. The Morgan fingerprint density at radius 2 is 1.79 bits per heavy atom. The number of rotatable bonds is 3. The Hall–Kier alpha value is -1.55. The number of piperidine rings is 1. The summed E-state index contributed by atoms with van der Waals surface area (Å²) in [5.41, 5.74) is 0.671. The molecule has 1 saturated heterocycles. The maximum atomic E-state index is 12.1. The van der Waals surface area contributed by atoms with Gasteiger partial charge in [0.25, 0.3) is 0 Å². The summed E-state index contributed by atoms with van der Waals surface area (Å²) in [5, 5.41) is 9.47. The number of carboxylic acid groups (broad SMARTS) is 1. The Morgan fingerprint density at radius 3 is 2.32 bits per heavy atom. The van der Waals surface area contributed by atoms with Crippen LogP contribution in [0.4, 0.5) is 4.79 Å². The molecule has 0 bridgehead atoms. The monoisotopic (exact) mass is 281 g/mol. The van der Waals surface area contributed by atoms with Crippen molar-refractivity contribution in [2.75, 3.05) is 13.1 Å². The standard InChI is InChI=1S/C14H16ClNO3/c15-12-3-1-11(2-4-12)13(17)9-10-5-7-16(8-6-10)14(18)19/h1-4,10H,5-9H2,(H,18,19). The van der Waals surface area contributed by atoms with Crippen LogP contribution in [-0.4, -0.2) is 35.0 Å². The summed E-state index contributed by atoms with van der Waals surface area (Å²) in [5.74, 6) is 0.379. The molecule has 0 spiro atoms. The lowest BCUT2D eigenvalue weighted by molar-refractivity contribution is 0.0921. The van der Waals surface area contributed by atoms with E-state index in [0.29, 0.717) is 30.1 Å². The van der Waals surface area contributed by atoms with E-state index >= 15 is 0 Å². The zero-order chi connectivity index (χ0) is 13.8. The molecule has 4 nitrogen and oxygen atoms in total. The molecule has 0 radical (unpaired) electrons. The van der Waals surface area contributed by atoms with Gasteiger partial charge < -0.3 is 10.0 Å². The maximum absolute atomic E-state index is 12.1. The van der Waals surface area contributed by atoms with Crippen LogP contribution in [0.2, 0.25) is 5.02 Å². The molecule has 0 aliphatic carbocycles. The van der Waals surface area contributed by atoms with Crippen molar-refractivity contribution < 1.29 is 14.7 Å². The van der Waals surface area contributed by atoms with Gasteiger partial charge in [-0.25, -0.2) is 4.79 Å². The van der Waals surface area contributed by atoms with Crippen LogP contribution >= 0.6 is 11.6 Å². The second kappa shape index (κ2) is 6.06. The van der Waals surface area contributed by atoms with Gasteiger partial charge in [-0.2, -0.15) is 0 Å². The van der Waals surface area contributed by atoms with Crippen molar-refractivity contribution >= 4 is 23.5 Å². The normalized spacial score (nSPS) is 16.4. The second-order valence-electron chi connectivity index (χ2n) is 4.85. The van der Waals surface area contributed by atoms with Gasteiger partial charge in [0.1, 0.15) is 0 Å². The molecular weight excluding hydrogens is 266 g/mol. The molecule has 102 valence electrons. The second-order valence-corrected chi connectivity index (χ2v) is 5.28. The van der Waals surface area contributed by atoms with Crippen LogP contribution < -0.4 is 0 Å². The van der Waals surface area contributed by atoms with Crippen molar-refractivity contribution in [3.05, 3.63) is 34.9 Å². The predicted octanol–water partition coefficient (Wildman–Crippen LogP) is 3.30. The van der Waals surface area contributed by atoms with E-state index in [4.69, 9.17) is 16.7 Å². The Bertz CT molecular complexity index is 464. The van der Waals surface area contributed by atoms with E-state index < -0.39 is 6.09 Å². The van der Waals surface area contributed by atoms with Crippen LogP contribution in [0.15, 0.2) is 24.3 Å². The van der Waals surface area contributed by atoms with Crippen molar-refractivity contribution in [1.82, 2.24) is 4.90 Å². The quantitative estimate of drug-likeness (QED) is 0.865. The minimum Gasteiger partial charge on any atom is -0.465 e. The first-order chi connectivity index (χ1) is 9.06. The molecule has 1 aliphatic heterocycles. The molecule has 1 aromatic carbocycles. The largest absolute Gasteiger partial charge is 0.465 e. The topological polar surface area (TPSA) is 57.6 Å². The highest BCUT2D eigenvalue weighted by molar-refractivity contribution is 6.30. The van der Waals surface area contributed by atoms with Crippen LogP contribution in [0.5, 0.6) is 0 Å². The van der Waals surface area contributed by atoms with Crippen LogP contribution in [0.25, 0.3) is 0 Å². The molecule has 1 N–H and O–H groups in total. The van der Waals surface area contributed by atoms with Gasteiger partial charge in [0.2, 0.25) is 0 Å². The van der Waals surface area contributed by atoms with E-state index in [1.54, 1.807) is 24.3 Å². The summed E-state index contributed by atoms with van der Waals surface area (Å²) in [6, 6.07) is 6.89. The first-order valence-corrected chi connectivity index (χ1v) is 6.70. The minimum atomic E-state index is -0.873. The average molecular weight is 282 g/mol. The molecule has 19 heavy (non-hydrogen) atoms. The summed E-state index contributed by atoms with van der Waals surface area (Å²) in [6.45, 7) is 1.04. The molecular formula is C14H16ClNO3. The van der Waals surface area contributed by atoms with Gasteiger partial charge >= 0.3 is 6.09 Å². The number of hydrogen-bond acceptors (Lipinski definition) is 2. The Labute approximate surface area is 117 Å². The van der Waals surface area contributed by atoms with E-state index in [1.807, 2.05) is 0 Å². The molecule has 5 heteroatoms. The number of benzene rings is 1. The first-order valence-electron chi connectivity index (χ1n) is 6.33. The fourth-order valence-corrected chi connectivity index (χ4v) is 2.47. The summed E-state index contributed by atoms with van der Waals surface area (Å²) in [4.78, 5) is 24.3. The summed E-state index contributed by atoms with van der Waals surface area (Å²) in [7, 11) is 0. The summed E-state index contributed by atoms with van der Waals surface area (Å²) >= 11 is 5.78. The molecule has 0 atom stereocenters. The molecule has 2 rings (SSSR count). The van der Waals surface area contributed by atoms with Crippen LogP contribution in [0, 0.1) is 5.92 Å². The highest BCUT2D eigenvalue weighted by Gasteiger charge is 2.24. The number of Topliss-reactive ketones (excluding diaryl/α,β-unsaturated/α-hetero) is 1. The summed E-state index contributed by atoms with van der Waals surface area (Å²) < 4.78 is 0. The van der Waals surface area contributed by atoms with Gasteiger partial charge in [0.15, 0.2) is 5.78 Å². The van der Waals surface area contributed by atoms with E-state index in [2.05, 4.69) is 0 Å². The van der Waals surface area contributed by atoms with Gasteiger partial charge in [0.05, 0.1) is 0 Å². The highest BCUT2D eigenvalue weighted by atomic mass is 35.5. The molecule has 1 amide bonds. The van der Waals surface area contributed by atoms with Crippen LogP contribution in [-0.2, 0) is 0 Å². The number of hydrogen-bond donors (Lipinski definition) is 1. The van der Waals surface area contributed by atoms with E-state index in [1.165, 1.54) is 4.90 Å². The van der Waals surface area contributed by atoms with Crippen LogP contribution in [0.1, 0.15) is 29.6 Å². The Morgan fingerprint density at radius 1 is 1.21 bits per heavy atom. The minimum absolute atomic E-state index is 0.102. The lowest BCUT2D eigenvalue weighted by Gasteiger charge is -2.29. The fourth-order valence-electron chi connectivity index (χ4n) is 2.34. The van der Waals surface area contributed by atoms with E-state index in [0.717, 1.165) is 12.8 Å². The molecule has 1 heterocycles. The lowest BCUT2D eigenvalue weighted by Crippen LogP contribution is -2.37. The number of halogens is 1. The number of carbonyl (C=O) groups excluding carboxylic acids is 1. The Balaban J connectivity index is 1.87. The summed E-state index contributed by atoms with van der Waals surface area (Å²) in [6.07, 6.45) is 1.12. The molecule has 0 saturated carbocycles. The van der Waals surface area contributed by atoms with Gasteiger partial charge in [-0.05, 0) is 43.0 Å². The van der Waals surface area contributed by atoms with Gasteiger partial charge in [0, 0.05) is 30.1 Å². The van der Waals surface area contributed by atoms with Crippen molar-refractivity contribution in [3.63, 3.8) is 0 Å². The van der Waals surface area contributed by atoms with Crippen molar-refractivity contribution in [3.8, 4) is 0 Å². The predicted molar refractivity (Wildman–Crippen MR) is 72.7 cm³/mol. The number of carbonyl (C=O) groups is 2. The number of ketones is 1.